The predicted octanol–water partition coefficient (Wildman–Crippen LogP) is 2.46. The zero-order chi connectivity index (χ0) is 12.2. The Labute approximate surface area is 89.7 Å². The smallest absolute Gasteiger partial charge is 0.409 e. The lowest BCUT2D eigenvalue weighted by molar-refractivity contribution is -0.137. The normalized spacial score (nSPS) is 13.3. The van der Waals surface area contributed by atoms with Gasteiger partial charge in [-0.25, -0.2) is 0 Å². The Morgan fingerprint density at radius 1 is 1.25 bits per heavy atom. The highest BCUT2D eigenvalue weighted by Gasteiger charge is 2.29. The molecule has 6 heteroatoms. The SMILES string of the molecule is NC(C=Cc1ccc(C(F)(F)F)cc1)=NO. The second-order valence-electron chi connectivity index (χ2n) is 2.98. The minimum absolute atomic E-state index is 0.125. The fourth-order valence-electron chi connectivity index (χ4n) is 0.998. The van der Waals surface area contributed by atoms with Crippen molar-refractivity contribution < 1.29 is 18.4 Å². The van der Waals surface area contributed by atoms with Crippen LogP contribution >= 0.6 is 0 Å². The van der Waals surface area contributed by atoms with Crippen LogP contribution in [-0.4, -0.2) is 11.0 Å². The van der Waals surface area contributed by atoms with Crippen molar-refractivity contribution in [3.05, 3.63) is 41.5 Å². The predicted molar refractivity (Wildman–Crippen MR) is 53.9 cm³/mol. The van der Waals surface area contributed by atoms with E-state index >= 15 is 0 Å². The van der Waals surface area contributed by atoms with E-state index in [1.54, 1.807) is 0 Å². The molecular formula is C10H9F3N2O. The summed E-state index contributed by atoms with van der Waals surface area (Å²) in [6, 6.07) is 4.52. The highest BCUT2D eigenvalue weighted by atomic mass is 19.4. The van der Waals surface area contributed by atoms with Crippen LogP contribution in [0.2, 0.25) is 0 Å². The highest BCUT2D eigenvalue weighted by molar-refractivity contribution is 5.94. The van der Waals surface area contributed by atoms with Crippen molar-refractivity contribution in [2.75, 3.05) is 0 Å². The van der Waals surface area contributed by atoms with Crippen LogP contribution < -0.4 is 5.73 Å². The maximum absolute atomic E-state index is 12.2. The molecular weight excluding hydrogens is 221 g/mol. The molecule has 0 bridgehead atoms. The van der Waals surface area contributed by atoms with Crippen molar-refractivity contribution >= 4 is 11.9 Å². The number of hydrogen-bond acceptors (Lipinski definition) is 2. The third-order valence-electron chi connectivity index (χ3n) is 1.80. The van der Waals surface area contributed by atoms with Gasteiger partial charge in [-0.2, -0.15) is 13.2 Å². The number of nitrogens with two attached hydrogens (primary N) is 1. The van der Waals surface area contributed by atoms with E-state index in [2.05, 4.69) is 5.16 Å². The Morgan fingerprint density at radius 3 is 2.25 bits per heavy atom. The molecule has 0 atom stereocenters. The second kappa shape index (κ2) is 4.69. The molecule has 1 aromatic rings. The Bertz CT molecular complexity index is 407. The molecule has 0 saturated carbocycles. The van der Waals surface area contributed by atoms with E-state index in [0.717, 1.165) is 12.1 Å². The zero-order valence-corrected chi connectivity index (χ0v) is 8.07. The van der Waals surface area contributed by atoms with Gasteiger partial charge in [-0.3, -0.25) is 0 Å². The summed E-state index contributed by atoms with van der Waals surface area (Å²) in [5.41, 5.74) is 4.97. The largest absolute Gasteiger partial charge is 0.416 e. The molecule has 0 aliphatic heterocycles. The third-order valence-corrected chi connectivity index (χ3v) is 1.80. The molecule has 86 valence electrons. The molecule has 3 N–H and O–H groups in total. The minimum atomic E-state index is -4.34. The van der Waals surface area contributed by atoms with Crippen LogP contribution in [0, 0.1) is 0 Å². The number of alkyl halides is 3. The van der Waals surface area contributed by atoms with Crippen LogP contribution in [0.4, 0.5) is 13.2 Å². The molecule has 0 radical (unpaired) electrons. The molecule has 0 heterocycles. The Balaban J connectivity index is 2.84. The number of halogens is 3. The van der Waals surface area contributed by atoms with Gasteiger partial charge in [0.2, 0.25) is 0 Å². The van der Waals surface area contributed by atoms with Crippen LogP contribution in [0.5, 0.6) is 0 Å². The fraction of sp³-hybridized carbons (Fsp3) is 0.100. The van der Waals surface area contributed by atoms with Crippen LogP contribution in [0.15, 0.2) is 35.5 Å². The maximum Gasteiger partial charge on any atom is 0.416 e. The molecule has 1 aromatic carbocycles. The summed E-state index contributed by atoms with van der Waals surface area (Å²) in [6.07, 6.45) is -1.62. The average molecular weight is 230 g/mol. The number of hydrogen-bond donors (Lipinski definition) is 2. The van der Waals surface area contributed by atoms with Crippen molar-refractivity contribution in [2.24, 2.45) is 10.9 Å². The number of rotatable bonds is 2. The van der Waals surface area contributed by atoms with Crippen LogP contribution in [0.25, 0.3) is 6.08 Å². The van der Waals surface area contributed by atoms with E-state index in [-0.39, 0.29) is 5.84 Å². The van der Waals surface area contributed by atoms with Gasteiger partial charge in [0.1, 0.15) is 0 Å². The lowest BCUT2D eigenvalue weighted by atomic mass is 10.1. The molecule has 0 fully saturated rings. The van der Waals surface area contributed by atoms with Gasteiger partial charge in [0.25, 0.3) is 0 Å². The number of amidine groups is 1. The van der Waals surface area contributed by atoms with Crippen molar-refractivity contribution in [3.8, 4) is 0 Å². The maximum atomic E-state index is 12.2. The molecule has 0 saturated heterocycles. The van der Waals surface area contributed by atoms with E-state index in [4.69, 9.17) is 10.9 Å². The summed E-state index contributed by atoms with van der Waals surface area (Å²) in [5, 5.41) is 10.9. The summed E-state index contributed by atoms with van der Waals surface area (Å²) in [6.45, 7) is 0. The van der Waals surface area contributed by atoms with Gasteiger partial charge in [0, 0.05) is 0 Å². The summed E-state index contributed by atoms with van der Waals surface area (Å²) < 4.78 is 36.6. The number of benzene rings is 1. The Hall–Kier alpha value is -1.98. The standard InChI is InChI=1S/C10H9F3N2O/c11-10(12,13)8-4-1-7(2-5-8)3-6-9(14)15-16/h1-6,16H,(H2,14,15). The molecule has 0 aliphatic carbocycles. The van der Waals surface area contributed by atoms with E-state index in [1.165, 1.54) is 24.3 Å². The van der Waals surface area contributed by atoms with Crippen molar-refractivity contribution in [3.63, 3.8) is 0 Å². The summed E-state index contributed by atoms with van der Waals surface area (Å²) >= 11 is 0. The van der Waals surface area contributed by atoms with E-state index in [0.29, 0.717) is 5.56 Å². The third kappa shape index (κ3) is 3.30. The highest BCUT2D eigenvalue weighted by Crippen LogP contribution is 2.29. The van der Waals surface area contributed by atoms with Gasteiger partial charge >= 0.3 is 6.18 Å². The summed E-state index contributed by atoms with van der Waals surface area (Å²) in [5.74, 6) is -0.125. The first-order chi connectivity index (χ1) is 7.43. The van der Waals surface area contributed by atoms with Gasteiger partial charge in [0.15, 0.2) is 5.84 Å². The van der Waals surface area contributed by atoms with Crippen molar-refractivity contribution in [1.29, 1.82) is 0 Å². The van der Waals surface area contributed by atoms with E-state index in [9.17, 15) is 13.2 Å². The van der Waals surface area contributed by atoms with Gasteiger partial charge in [0.05, 0.1) is 5.56 Å². The summed E-state index contributed by atoms with van der Waals surface area (Å²) in [7, 11) is 0. The average Bonchev–Trinajstić information content (AvgIpc) is 2.25. The van der Waals surface area contributed by atoms with Crippen LogP contribution in [-0.2, 0) is 6.18 Å². The Morgan fingerprint density at radius 2 is 1.81 bits per heavy atom. The first-order valence-electron chi connectivity index (χ1n) is 4.26. The minimum Gasteiger partial charge on any atom is -0.409 e. The van der Waals surface area contributed by atoms with Gasteiger partial charge in [-0.1, -0.05) is 23.4 Å². The molecule has 3 nitrogen and oxygen atoms in total. The van der Waals surface area contributed by atoms with Gasteiger partial charge in [-0.05, 0) is 23.8 Å². The topological polar surface area (TPSA) is 58.6 Å². The van der Waals surface area contributed by atoms with Gasteiger partial charge < -0.3 is 10.9 Å². The molecule has 0 spiro atoms. The quantitative estimate of drug-likeness (QED) is 0.355. The second-order valence-corrected chi connectivity index (χ2v) is 2.98. The fourth-order valence-corrected chi connectivity index (χ4v) is 0.998. The first kappa shape index (κ1) is 12.1. The van der Waals surface area contributed by atoms with E-state index in [1.807, 2.05) is 0 Å². The molecule has 0 amide bonds. The first-order valence-corrected chi connectivity index (χ1v) is 4.26. The molecule has 0 aliphatic rings. The molecule has 1 rings (SSSR count). The van der Waals surface area contributed by atoms with Crippen molar-refractivity contribution in [1.82, 2.24) is 0 Å². The monoisotopic (exact) mass is 230 g/mol. The van der Waals surface area contributed by atoms with Gasteiger partial charge in [-0.15, -0.1) is 0 Å². The van der Waals surface area contributed by atoms with E-state index < -0.39 is 11.7 Å². The molecule has 16 heavy (non-hydrogen) atoms. The Kier molecular flexibility index (Phi) is 3.55. The summed E-state index contributed by atoms with van der Waals surface area (Å²) in [4.78, 5) is 0. The molecule has 0 aromatic heterocycles. The lowest BCUT2D eigenvalue weighted by Crippen LogP contribution is -2.06. The zero-order valence-electron chi connectivity index (χ0n) is 8.07. The van der Waals surface area contributed by atoms with Crippen molar-refractivity contribution in [2.45, 2.75) is 6.18 Å². The number of oxime groups is 1. The van der Waals surface area contributed by atoms with Crippen LogP contribution in [0.1, 0.15) is 11.1 Å². The van der Waals surface area contributed by atoms with Crippen LogP contribution in [0.3, 0.4) is 0 Å². The number of nitrogens with zero attached hydrogens (tertiary/aromatic N) is 1. The lowest BCUT2D eigenvalue weighted by Gasteiger charge is -2.05. The molecule has 0 unspecified atom stereocenters.